The number of carbonyl (C=O) groups excluding carboxylic acids is 1. The maximum Gasteiger partial charge on any atom is 0.318 e. The zero-order chi connectivity index (χ0) is 14.6. The van der Waals surface area contributed by atoms with Crippen molar-refractivity contribution >= 4 is 11.7 Å². The largest absolute Gasteiger partial charge is 0.399 e. The van der Waals surface area contributed by atoms with Crippen molar-refractivity contribution in [3.8, 4) is 0 Å². The average Bonchev–Trinajstić information content (AvgIpc) is 2.25. The fourth-order valence-electron chi connectivity index (χ4n) is 1.70. The lowest BCUT2D eigenvalue weighted by Gasteiger charge is -2.31. The summed E-state index contributed by atoms with van der Waals surface area (Å²) in [5.74, 6) is 0. The van der Waals surface area contributed by atoms with Crippen LogP contribution in [0.2, 0.25) is 0 Å². The number of nitrogens with zero attached hydrogens (tertiary/aromatic N) is 1. The minimum Gasteiger partial charge on any atom is -0.399 e. The molecule has 1 rings (SSSR count). The first-order chi connectivity index (χ1) is 8.69. The Labute approximate surface area is 116 Å². The van der Waals surface area contributed by atoms with Gasteiger partial charge in [0.15, 0.2) is 0 Å². The summed E-state index contributed by atoms with van der Waals surface area (Å²) in [4.78, 5) is 14.1. The van der Waals surface area contributed by atoms with Gasteiger partial charge in [-0.05, 0) is 52.3 Å². The number of rotatable bonds is 3. The van der Waals surface area contributed by atoms with E-state index in [9.17, 15) is 4.79 Å². The van der Waals surface area contributed by atoms with E-state index in [-0.39, 0.29) is 17.6 Å². The first-order valence-corrected chi connectivity index (χ1v) is 6.62. The van der Waals surface area contributed by atoms with Crippen molar-refractivity contribution in [2.45, 2.75) is 52.7 Å². The molecule has 0 aromatic heterocycles. The molecule has 0 radical (unpaired) electrons. The third kappa shape index (κ3) is 5.20. The highest BCUT2D eigenvalue weighted by Crippen LogP contribution is 2.12. The van der Waals surface area contributed by atoms with Crippen molar-refractivity contribution in [3.63, 3.8) is 0 Å². The number of urea groups is 1. The minimum atomic E-state index is -0.231. The average molecular weight is 263 g/mol. The molecule has 0 aliphatic heterocycles. The van der Waals surface area contributed by atoms with Crippen molar-refractivity contribution < 1.29 is 4.79 Å². The van der Waals surface area contributed by atoms with E-state index < -0.39 is 0 Å². The summed E-state index contributed by atoms with van der Waals surface area (Å²) in [5.41, 5.74) is 7.25. The molecular weight excluding hydrogens is 238 g/mol. The number of hydrogen-bond acceptors (Lipinski definition) is 2. The van der Waals surface area contributed by atoms with Crippen molar-refractivity contribution in [3.05, 3.63) is 29.8 Å². The first kappa shape index (κ1) is 15.3. The highest BCUT2D eigenvalue weighted by Gasteiger charge is 2.21. The molecule has 4 nitrogen and oxygen atoms in total. The van der Waals surface area contributed by atoms with Crippen LogP contribution < -0.4 is 11.1 Å². The predicted octanol–water partition coefficient (Wildman–Crippen LogP) is 2.99. The third-order valence-electron chi connectivity index (χ3n) is 2.70. The maximum absolute atomic E-state index is 12.3. The minimum absolute atomic E-state index is 0.0423. The van der Waals surface area contributed by atoms with Crippen molar-refractivity contribution in [2.24, 2.45) is 0 Å². The van der Waals surface area contributed by atoms with E-state index in [0.29, 0.717) is 6.54 Å². The Hall–Kier alpha value is -1.71. The monoisotopic (exact) mass is 263 g/mol. The van der Waals surface area contributed by atoms with E-state index in [1.165, 1.54) is 0 Å². The molecular formula is C15H25N3O. The van der Waals surface area contributed by atoms with Gasteiger partial charge in [0.25, 0.3) is 0 Å². The van der Waals surface area contributed by atoms with Gasteiger partial charge in [-0.3, -0.25) is 0 Å². The predicted molar refractivity (Wildman–Crippen MR) is 79.8 cm³/mol. The summed E-state index contributed by atoms with van der Waals surface area (Å²) in [6, 6.07) is 7.72. The summed E-state index contributed by atoms with van der Waals surface area (Å²) in [6.07, 6.45) is 0. The van der Waals surface area contributed by atoms with Gasteiger partial charge in [-0.25, -0.2) is 4.79 Å². The molecule has 0 spiro atoms. The van der Waals surface area contributed by atoms with Gasteiger partial charge in [-0.2, -0.15) is 0 Å². The van der Waals surface area contributed by atoms with Crippen LogP contribution in [0.4, 0.5) is 10.5 Å². The van der Waals surface area contributed by atoms with Crippen molar-refractivity contribution in [1.29, 1.82) is 0 Å². The second kappa shape index (κ2) is 5.95. The van der Waals surface area contributed by atoms with Crippen LogP contribution in [0.1, 0.15) is 40.2 Å². The summed E-state index contributed by atoms with van der Waals surface area (Å²) in [7, 11) is 0. The Balaban J connectivity index is 2.78. The second-order valence-corrected chi connectivity index (χ2v) is 6.14. The van der Waals surface area contributed by atoms with Gasteiger partial charge >= 0.3 is 6.03 Å². The van der Waals surface area contributed by atoms with Crippen LogP contribution in [0.5, 0.6) is 0 Å². The number of anilines is 1. The normalized spacial score (nSPS) is 11.5. The fourth-order valence-corrected chi connectivity index (χ4v) is 1.70. The second-order valence-electron chi connectivity index (χ2n) is 6.14. The molecule has 3 N–H and O–H groups in total. The highest BCUT2D eigenvalue weighted by molar-refractivity contribution is 5.75. The van der Waals surface area contributed by atoms with Crippen LogP contribution in [0.3, 0.4) is 0 Å². The van der Waals surface area contributed by atoms with Gasteiger partial charge < -0.3 is 16.0 Å². The topological polar surface area (TPSA) is 58.4 Å². The number of carbonyl (C=O) groups is 1. The lowest BCUT2D eigenvalue weighted by Crippen LogP contribution is -2.50. The van der Waals surface area contributed by atoms with Crippen LogP contribution in [0.25, 0.3) is 0 Å². The van der Waals surface area contributed by atoms with Gasteiger partial charge in [0, 0.05) is 23.8 Å². The van der Waals surface area contributed by atoms with Crippen LogP contribution in [0.15, 0.2) is 24.3 Å². The molecule has 1 aromatic rings. The molecule has 0 atom stereocenters. The standard InChI is InChI=1S/C15H25N3O/c1-11(2)18(14(19)17-15(3,4)5)10-12-6-8-13(16)9-7-12/h6-9,11H,10,16H2,1-5H3,(H,17,19). The van der Waals surface area contributed by atoms with E-state index >= 15 is 0 Å². The molecule has 0 heterocycles. The molecule has 0 aliphatic rings. The number of hydrogen-bond donors (Lipinski definition) is 2. The summed E-state index contributed by atoms with van der Waals surface area (Å²) >= 11 is 0. The number of benzene rings is 1. The third-order valence-corrected chi connectivity index (χ3v) is 2.70. The van der Waals surface area contributed by atoms with E-state index in [1.54, 1.807) is 0 Å². The zero-order valence-electron chi connectivity index (χ0n) is 12.5. The Morgan fingerprint density at radius 3 is 2.21 bits per heavy atom. The Bertz CT molecular complexity index is 418. The smallest absolute Gasteiger partial charge is 0.318 e. The van der Waals surface area contributed by atoms with E-state index in [1.807, 2.05) is 63.8 Å². The van der Waals surface area contributed by atoms with Crippen molar-refractivity contribution in [2.75, 3.05) is 5.73 Å². The van der Waals surface area contributed by atoms with Gasteiger partial charge in [-0.1, -0.05) is 12.1 Å². The summed E-state index contributed by atoms with van der Waals surface area (Å²) in [5, 5.41) is 2.99. The number of nitrogens with one attached hydrogen (secondary N) is 1. The Kier molecular flexibility index (Phi) is 4.81. The van der Waals surface area contributed by atoms with Crippen molar-refractivity contribution in [1.82, 2.24) is 10.2 Å². The summed E-state index contributed by atoms with van der Waals surface area (Å²) in [6.45, 7) is 10.5. The Morgan fingerprint density at radius 2 is 1.79 bits per heavy atom. The van der Waals surface area contributed by atoms with Crippen LogP contribution >= 0.6 is 0 Å². The SMILES string of the molecule is CC(C)N(Cc1ccc(N)cc1)C(=O)NC(C)(C)C. The van der Waals surface area contributed by atoms with Gasteiger partial charge in [0.1, 0.15) is 0 Å². The van der Waals surface area contributed by atoms with Gasteiger partial charge in [0.05, 0.1) is 0 Å². The van der Waals surface area contributed by atoms with Gasteiger partial charge in [-0.15, -0.1) is 0 Å². The molecule has 0 unspecified atom stereocenters. The molecule has 0 saturated carbocycles. The van der Waals surface area contributed by atoms with E-state index in [2.05, 4.69) is 5.32 Å². The maximum atomic E-state index is 12.3. The lowest BCUT2D eigenvalue weighted by molar-refractivity contribution is 0.171. The molecule has 106 valence electrons. The van der Waals surface area contributed by atoms with E-state index in [0.717, 1.165) is 11.3 Å². The molecule has 19 heavy (non-hydrogen) atoms. The molecule has 2 amide bonds. The zero-order valence-corrected chi connectivity index (χ0v) is 12.5. The molecule has 0 aliphatic carbocycles. The molecule has 0 bridgehead atoms. The lowest BCUT2D eigenvalue weighted by atomic mass is 10.1. The molecule has 0 fully saturated rings. The van der Waals surface area contributed by atoms with Crippen LogP contribution in [-0.2, 0) is 6.54 Å². The summed E-state index contributed by atoms with van der Waals surface area (Å²) < 4.78 is 0. The molecule has 0 saturated heterocycles. The number of nitrogens with two attached hydrogens (primary N) is 1. The molecule has 4 heteroatoms. The van der Waals surface area contributed by atoms with Crippen LogP contribution in [-0.4, -0.2) is 22.5 Å². The first-order valence-electron chi connectivity index (χ1n) is 6.62. The van der Waals surface area contributed by atoms with Crippen LogP contribution in [0, 0.1) is 0 Å². The van der Waals surface area contributed by atoms with Gasteiger partial charge in [0.2, 0.25) is 0 Å². The quantitative estimate of drug-likeness (QED) is 0.824. The van der Waals surface area contributed by atoms with E-state index in [4.69, 9.17) is 5.73 Å². The highest BCUT2D eigenvalue weighted by atomic mass is 16.2. The molecule has 1 aromatic carbocycles. The fraction of sp³-hybridized carbons (Fsp3) is 0.533. The number of amides is 2. The number of nitrogen functional groups attached to an aromatic ring is 1. The Morgan fingerprint density at radius 1 is 1.26 bits per heavy atom.